The number of hydrogen-bond acceptors (Lipinski definition) is 2. The zero-order valence-corrected chi connectivity index (χ0v) is 12.8. The predicted octanol–water partition coefficient (Wildman–Crippen LogP) is 5.12. The maximum atomic E-state index is 5.87. The summed E-state index contributed by atoms with van der Waals surface area (Å²) in [5, 5.41) is -1.15. The first-order chi connectivity index (χ1) is 6.45. The van der Waals surface area contributed by atoms with Crippen molar-refractivity contribution in [1.29, 1.82) is 0 Å². The van der Waals surface area contributed by atoms with Gasteiger partial charge in [0.2, 0.25) is 0 Å². The van der Waals surface area contributed by atoms with E-state index >= 15 is 0 Å². The lowest BCUT2D eigenvalue weighted by molar-refractivity contribution is 0.779. The summed E-state index contributed by atoms with van der Waals surface area (Å²) in [6, 6.07) is 0. The van der Waals surface area contributed by atoms with Crippen molar-refractivity contribution in [1.82, 2.24) is 0 Å². The van der Waals surface area contributed by atoms with Gasteiger partial charge in [-0.15, -0.1) is 11.4 Å². The molecule has 0 atom stereocenters. The summed E-state index contributed by atoms with van der Waals surface area (Å²) in [5.41, 5.74) is 1.40. The molecule has 14 heavy (non-hydrogen) atoms. The minimum Gasteiger partial charge on any atom is -0.123 e. The molecule has 3 heteroatoms. The van der Waals surface area contributed by atoms with Crippen molar-refractivity contribution in [3.8, 4) is 0 Å². The van der Waals surface area contributed by atoms with Crippen molar-refractivity contribution in [2.75, 3.05) is 5.75 Å². The lowest BCUT2D eigenvalue weighted by atomic mass is 10.3. The van der Waals surface area contributed by atoms with E-state index in [9.17, 15) is 0 Å². The van der Waals surface area contributed by atoms with E-state index in [1.165, 1.54) is 25.0 Å². The van der Waals surface area contributed by atoms with Gasteiger partial charge in [0.15, 0.2) is 0 Å². The first kappa shape index (κ1) is 15.0. The molecule has 0 N–H and O–H groups in total. The third-order valence-corrected chi connectivity index (χ3v) is 14.0. The monoisotopic (exact) mass is 252 g/mol. The Morgan fingerprint density at radius 1 is 1.07 bits per heavy atom. The van der Waals surface area contributed by atoms with Crippen LogP contribution in [0.4, 0.5) is 0 Å². The predicted molar refractivity (Wildman–Crippen MR) is 76.5 cm³/mol. The highest BCUT2D eigenvalue weighted by molar-refractivity contribution is 8.71. The van der Waals surface area contributed by atoms with Crippen LogP contribution < -0.4 is 0 Å². The lowest BCUT2D eigenvalue weighted by Crippen LogP contribution is -2.05. The molecule has 0 nitrogen and oxygen atoms in total. The Morgan fingerprint density at radius 2 is 1.57 bits per heavy atom. The van der Waals surface area contributed by atoms with Gasteiger partial charge in [0, 0.05) is 5.24 Å². The Morgan fingerprint density at radius 3 is 1.93 bits per heavy atom. The fourth-order valence-electron chi connectivity index (χ4n) is 1.45. The highest BCUT2D eigenvalue weighted by Crippen LogP contribution is 2.66. The van der Waals surface area contributed by atoms with Crippen LogP contribution in [0.3, 0.4) is 0 Å². The van der Waals surface area contributed by atoms with Gasteiger partial charge in [-0.25, -0.2) is 0 Å². The Kier molecular flexibility index (Phi) is 7.82. The Balaban J connectivity index is 4.06. The molecule has 0 heterocycles. The Labute approximate surface area is 99.4 Å². The van der Waals surface area contributed by atoms with E-state index < -0.39 is 5.24 Å². The fourth-order valence-corrected chi connectivity index (χ4v) is 7.56. The van der Waals surface area contributed by atoms with Crippen LogP contribution in [-0.2, 0) is 11.8 Å². The van der Waals surface area contributed by atoms with Crippen LogP contribution in [0.5, 0.6) is 0 Å². The molecule has 0 rings (SSSR count). The molecule has 0 aromatic rings. The van der Waals surface area contributed by atoms with Crippen molar-refractivity contribution in [2.45, 2.75) is 65.2 Å². The largest absolute Gasteiger partial charge is 0.123 e. The van der Waals surface area contributed by atoms with Gasteiger partial charge in [-0.05, 0) is 23.5 Å². The molecule has 0 saturated carbocycles. The van der Waals surface area contributed by atoms with Gasteiger partial charge in [-0.1, -0.05) is 59.3 Å². The average Bonchev–Trinajstić information content (AvgIpc) is 2.11. The summed E-state index contributed by atoms with van der Waals surface area (Å²) in [6.45, 7) is 11.5. The van der Waals surface area contributed by atoms with Crippen molar-refractivity contribution in [3.63, 3.8) is 0 Å². The van der Waals surface area contributed by atoms with Gasteiger partial charge >= 0.3 is 0 Å². The van der Waals surface area contributed by atoms with Crippen molar-refractivity contribution in [2.24, 2.45) is 0 Å². The van der Waals surface area contributed by atoms with Crippen molar-refractivity contribution >= 4 is 28.4 Å². The molecule has 86 valence electrons. The normalized spacial score (nSPS) is 12.8. The quantitative estimate of drug-likeness (QED) is 0.455. The molecule has 0 aromatic carbocycles. The van der Waals surface area contributed by atoms with E-state index in [0.29, 0.717) is 11.3 Å². The van der Waals surface area contributed by atoms with Crippen LogP contribution in [0.15, 0.2) is 0 Å². The molecule has 0 radical (unpaired) electrons. The first-order valence-corrected chi connectivity index (χ1v) is 10.2. The van der Waals surface area contributed by atoms with Crippen LogP contribution in [-0.4, -0.2) is 17.1 Å². The molecule has 0 saturated heterocycles. The van der Waals surface area contributed by atoms with E-state index in [0.717, 1.165) is 0 Å². The summed E-state index contributed by atoms with van der Waals surface area (Å²) in [7, 11) is 0. The summed E-state index contributed by atoms with van der Waals surface area (Å²) in [6.07, 6.45) is 4.02. The molecule has 0 spiro atoms. The van der Waals surface area contributed by atoms with Gasteiger partial charge in [-0.2, -0.15) is 0 Å². The average molecular weight is 252 g/mol. The second kappa shape index (κ2) is 7.30. The first-order valence-electron chi connectivity index (χ1n) is 5.69. The van der Waals surface area contributed by atoms with Crippen molar-refractivity contribution in [3.05, 3.63) is 0 Å². The molecule has 0 unspecified atom stereocenters. The third kappa shape index (κ3) is 4.68. The van der Waals surface area contributed by atoms with E-state index in [1.807, 2.05) is 0 Å². The molecule has 0 aromatic heterocycles. The van der Waals surface area contributed by atoms with Crippen LogP contribution in [0.1, 0.15) is 53.9 Å². The summed E-state index contributed by atoms with van der Waals surface area (Å²) in [5.74, 6) is 1.28. The van der Waals surface area contributed by atoms with E-state index in [1.54, 1.807) is 0 Å². The zero-order chi connectivity index (χ0) is 11.2. The molecule has 0 fully saturated rings. The van der Waals surface area contributed by atoms with Crippen LogP contribution in [0.2, 0.25) is 0 Å². The van der Waals surface area contributed by atoms with Gasteiger partial charge in [0.25, 0.3) is 0 Å². The number of unbranched alkanes of at least 4 members (excludes halogenated alkanes) is 2. The second-order valence-electron chi connectivity index (χ2n) is 4.37. The molecular weight excluding hydrogens is 227 g/mol. The minimum atomic E-state index is -1.15. The Hall–Kier alpha value is 1.00. The molecule has 0 bridgehead atoms. The van der Waals surface area contributed by atoms with Gasteiger partial charge in [0.1, 0.15) is 0 Å². The zero-order valence-electron chi connectivity index (χ0n) is 10.2. The van der Waals surface area contributed by atoms with Crippen molar-refractivity contribution < 1.29 is 0 Å². The molecular formula is C11H25PS2. The highest BCUT2D eigenvalue weighted by Gasteiger charge is 2.25. The van der Waals surface area contributed by atoms with Gasteiger partial charge in [0.05, 0.1) is 0 Å². The molecule has 0 aliphatic heterocycles. The van der Waals surface area contributed by atoms with Crippen LogP contribution in [0, 0.1) is 0 Å². The Bertz CT molecular complexity index is 176. The van der Waals surface area contributed by atoms with Gasteiger partial charge < -0.3 is 0 Å². The van der Waals surface area contributed by atoms with Crippen LogP contribution >= 0.6 is 16.6 Å². The molecule has 0 amide bonds. The van der Waals surface area contributed by atoms with Gasteiger partial charge in [-0.3, -0.25) is 0 Å². The minimum absolute atomic E-state index is 0.698. The van der Waals surface area contributed by atoms with Crippen LogP contribution in [0.25, 0.3) is 0 Å². The molecule has 0 aliphatic carbocycles. The smallest absolute Gasteiger partial charge is 0.0113 e. The number of rotatable bonds is 7. The summed E-state index contributed by atoms with van der Waals surface area (Å²) < 4.78 is 0. The van der Waals surface area contributed by atoms with E-state index in [-0.39, 0.29) is 0 Å². The number of hydrogen-bond donors (Lipinski definition) is 0. The topological polar surface area (TPSA) is 0 Å². The third-order valence-electron chi connectivity index (χ3n) is 2.48. The molecule has 0 aliphatic rings. The SMILES string of the molecule is CCCCCSP(=S)(C(C)C)C(C)C. The highest BCUT2D eigenvalue weighted by atomic mass is 32.9. The lowest BCUT2D eigenvalue weighted by Gasteiger charge is -2.29. The maximum absolute atomic E-state index is 5.87. The van der Waals surface area contributed by atoms with E-state index in [2.05, 4.69) is 46.0 Å². The summed E-state index contributed by atoms with van der Waals surface area (Å²) in [4.78, 5) is 0. The second-order valence-corrected chi connectivity index (χ2v) is 13.5. The fraction of sp³-hybridized carbons (Fsp3) is 1.00. The summed E-state index contributed by atoms with van der Waals surface area (Å²) >= 11 is 7.98. The van der Waals surface area contributed by atoms with E-state index in [4.69, 9.17) is 11.8 Å². The maximum Gasteiger partial charge on any atom is 0.0113 e. The standard InChI is InChI=1S/C11H25PS2/c1-6-7-8-9-14-12(13,10(2)3)11(4)5/h10-11H,6-9H2,1-5H3.